The summed E-state index contributed by atoms with van der Waals surface area (Å²) in [5, 5.41) is 11.5. The molecule has 2 aromatic rings. The Labute approximate surface area is 180 Å². The van der Waals surface area contributed by atoms with Gasteiger partial charge < -0.3 is 19.5 Å². The van der Waals surface area contributed by atoms with Gasteiger partial charge in [0.2, 0.25) is 0 Å². The zero-order valence-electron chi connectivity index (χ0n) is 17.1. The van der Waals surface area contributed by atoms with Gasteiger partial charge in [-0.1, -0.05) is 24.6 Å². The Hall–Kier alpha value is -2.99. The molecule has 30 heavy (non-hydrogen) atoms. The monoisotopic (exact) mass is 429 g/mol. The van der Waals surface area contributed by atoms with E-state index in [4.69, 9.17) is 21.1 Å². The summed E-state index contributed by atoms with van der Waals surface area (Å²) in [6.07, 6.45) is 0.665. The van der Waals surface area contributed by atoms with E-state index in [-0.39, 0.29) is 11.3 Å². The number of likely N-dealkylation sites (tertiary alicyclic amines) is 1. The molecule has 1 heterocycles. The number of Topliss-reactive ketones (excluding diaryl/α,β-unsaturated/α-hetero) is 1. The molecule has 1 N–H and O–H groups in total. The van der Waals surface area contributed by atoms with Crippen molar-refractivity contribution in [2.45, 2.75) is 26.3 Å². The SMILES string of the molecule is CCCN1C(=O)C(=O)/C(=C(\O)c2ccc(Cl)cc2)C1c1ccc(OCC)c(OC)c1. The molecule has 1 aliphatic heterocycles. The third kappa shape index (κ3) is 4.00. The van der Waals surface area contributed by atoms with Crippen LogP contribution in [0.25, 0.3) is 5.76 Å². The predicted molar refractivity (Wildman–Crippen MR) is 115 cm³/mol. The molecule has 1 atom stereocenters. The lowest BCUT2D eigenvalue weighted by Gasteiger charge is -2.25. The number of methoxy groups -OCH3 is 1. The van der Waals surface area contributed by atoms with Gasteiger partial charge >= 0.3 is 0 Å². The number of aliphatic hydroxyl groups excluding tert-OH is 1. The van der Waals surface area contributed by atoms with Crippen molar-refractivity contribution in [3.63, 3.8) is 0 Å². The molecule has 1 amide bonds. The Morgan fingerprint density at radius 1 is 1.10 bits per heavy atom. The molecule has 0 spiro atoms. The van der Waals surface area contributed by atoms with Crippen molar-refractivity contribution < 1.29 is 24.2 Å². The first-order valence-corrected chi connectivity index (χ1v) is 10.2. The van der Waals surface area contributed by atoms with Crippen LogP contribution < -0.4 is 9.47 Å². The Balaban J connectivity index is 2.18. The summed E-state index contributed by atoms with van der Waals surface area (Å²) in [5.74, 6) is -0.530. The number of aliphatic hydroxyl groups is 1. The summed E-state index contributed by atoms with van der Waals surface area (Å²) in [7, 11) is 1.53. The molecule has 7 heteroatoms. The minimum Gasteiger partial charge on any atom is -0.507 e. The molecule has 6 nitrogen and oxygen atoms in total. The number of benzene rings is 2. The van der Waals surface area contributed by atoms with E-state index < -0.39 is 17.7 Å². The number of rotatable bonds is 7. The zero-order valence-corrected chi connectivity index (χ0v) is 17.9. The highest BCUT2D eigenvalue weighted by atomic mass is 35.5. The number of nitrogens with zero attached hydrogens (tertiary/aromatic N) is 1. The number of carbonyl (C=O) groups excluding carboxylic acids is 2. The molecule has 158 valence electrons. The normalized spacial score (nSPS) is 18.0. The maximum atomic E-state index is 12.9. The van der Waals surface area contributed by atoms with Crippen LogP contribution in [0.5, 0.6) is 11.5 Å². The smallest absolute Gasteiger partial charge is 0.295 e. The van der Waals surface area contributed by atoms with Gasteiger partial charge in [0.1, 0.15) is 5.76 Å². The molecule has 1 unspecified atom stereocenters. The van der Waals surface area contributed by atoms with Crippen LogP contribution in [-0.2, 0) is 9.59 Å². The van der Waals surface area contributed by atoms with Gasteiger partial charge in [-0.2, -0.15) is 0 Å². The summed E-state index contributed by atoms with van der Waals surface area (Å²) in [4.78, 5) is 27.1. The van der Waals surface area contributed by atoms with Gasteiger partial charge in [-0.05, 0) is 55.3 Å². The minimum atomic E-state index is -0.731. The first kappa shape index (κ1) is 21.7. The molecule has 0 bridgehead atoms. The number of amides is 1. The van der Waals surface area contributed by atoms with Crippen molar-refractivity contribution >= 4 is 29.1 Å². The largest absolute Gasteiger partial charge is 0.507 e. The maximum Gasteiger partial charge on any atom is 0.295 e. The predicted octanol–water partition coefficient (Wildman–Crippen LogP) is 4.58. The van der Waals surface area contributed by atoms with Crippen LogP contribution in [0.1, 0.15) is 37.4 Å². The van der Waals surface area contributed by atoms with E-state index >= 15 is 0 Å². The van der Waals surface area contributed by atoms with Gasteiger partial charge in [0.05, 0.1) is 25.3 Å². The van der Waals surface area contributed by atoms with Crippen molar-refractivity contribution in [2.24, 2.45) is 0 Å². The number of hydrogen-bond acceptors (Lipinski definition) is 5. The average molecular weight is 430 g/mol. The summed E-state index contributed by atoms with van der Waals surface area (Å²) < 4.78 is 11.0. The Morgan fingerprint density at radius 3 is 2.40 bits per heavy atom. The van der Waals surface area contributed by atoms with Crippen LogP contribution in [0.2, 0.25) is 5.02 Å². The van der Waals surface area contributed by atoms with E-state index in [0.717, 1.165) is 0 Å². The molecule has 1 saturated heterocycles. The summed E-state index contributed by atoms with van der Waals surface area (Å²) in [6.45, 7) is 4.65. The lowest BCUT2D eigenvalue weighted by Crippen LogP contribution is -2.30. The number of halogens is 1. The summed E-state index contributed by atoms with van der Waals surface area (Å²) in [5.41, 5.74) is 1.11. The van der Waals surface area contributed by atoms with E-state index in [0.29, 0.717) is 47.2 Å². The summed E-state index contributed by atoms with van der Waals surface area (Å²) in [6, 6.07) is 11.0. The molecule has 2 aromatic carbocycles. The number of carbonyl (C=O) groups is 2. The highest BCUT2D eigenvalue weighted by Gasteiger charge is 2.45. The molecule has 0 radical (unpaired) electrons. The standard InChI is InChI=1S/C23H24ClNO5/c1-4-12-25-20(15-8-11-17(30-5-2)18(13-15)29-3)19(22(27)23(25)28)21(26)14-6-9-16(24)10-7-14/h6-11,13,20,26H,4-5,12H2,1-3H3/b21-19-. The third-order valence-electron chi connectivity index (χ3n) is 4.93. The zero-order chi connectivity index (χ0) is 21.8. The number of hydrogen-bond donors (Lipinski definition) is 1. The van der Waals surface area contributed by atoms with Crippen LogP contribution in [0, 0.1) is 0 Å². The van der Waals surface area contributed by atoms with Gasteiger partial charge in [0, 0.05) is 17.1 Å². The van der Waals surface area contributed by atoms with E-state index in [1.165, 1.54) is 12.0 Å². The van der Waals surface area contributed by atoms with Gasteiger partial charge in [-0.25, -0.2) is 0 Å². The van der Waals surface area contributed by atoms with Gasteiger partial charge in [-0.3, -0.25) is 9.59 Å². The summed E-state index contributed by atoms with van der Waals surface area (Å²) >= 11 is 5.94. The van der Waals surface area contributed by atoms with Crippen LogP contribution in [-0.4, -0.2) is 42.0 Å². The van der Waals surface area contributed by atoms with E-state index in [1.54, 1.807) is 42.5 Å². The highest BCUT2D eigenvalue weighted by molar-refractivity contribution is 6.46. The van der Waals surface area contributed by atoms with Crippen molar-refractivity contribution in [1.29, 1.82) is 0 Å². The maximum absolute atomic E-state index is 12.9. The fraction of sp³-hybridized carbons (Fsp3) is 0.304. The van der Waals surface area contributed by atoms with Crippen molar-refractivity contribution in [1.82, 2.24) is 4.90 Å². The molecule has 0 aromatic heterocycles. The lowest BCUT2D eigenvalue weighted by atomic mass is 9.95. The Morgan fingerprint density at radius 2 is 1.80 bits per heavy atom. The second-order valence-electron chi connectivity index (χ2n) is 6.84. The third-order valence-corrected chi connectivity index (χ3v) is 5.18. The molecule has 0 aliphatic carbocycles. The van der Waals surface area contributed by atoms with Crippen LogP contribution >= 0.6 is 11.6 Å². The second-order valence-corrected chi connectivity index (χ2v) is 7.28. The minimum absolute atomic E-state index is 0.0435. The quantitative estimate of drug-likeness (QED) is 0.396. The Bertz CT molecular complexity index is 984. The molecular weight excluding hydrogens is 406 g/mol. The van der Waals surface area contributed by atoms with Crippen molar-refractivity contribution in [3.8, 4) is 11.5 Å². The Kier molecular flexibility index (Phi) is 6.67. The fourth-order valence-electron chi connectivity index (χ4n) is 3.59. The van der Waals surface area contributed by atoms with Gasteiger partial charge in [0.25, 0.3) is 11.7 Å². The lowest BCUT2D eigenvalue weighted by molar-refractivity contribution is -0.139. The van der Waals surface area contributed by atoms with Crippen LogP contribution in [0.4, 0.5) is 0 Å². The van der Waals surface area contributed by atoms with E-state index in [1.807, 2.05) is 13.8 Å². The first-order valence-electron chi connectivity index (χ1n) is 9.78. The van der Waals surface area contributed by atoms with E-state index in [9.17, 15) is 14.7 Å². The van der Waals surface area contributed by atoms with Crippen molar-refractivity contribution in [3.05, 3.63) is 64.2 Å². The highest BCUT2D eigenvalue weighted by Crippen LogP contribution is 2.42. The molecule has 1 aliphatic rings. The number of ether oxygens (including phenoxy) is 2. The number of ketones is 1. The molecule has 3 rings (SSSR count). The van der Waals surface area contributed by atoms with Crippen LogP contribution in [0.15, 0.2) is 48.0 Å². The van der Waals surface area contributed by atoms with Gasteiger partial charge in [-0.15, -0.1) is 0 Å². The second kappa shape index (κ2) is 9.22. The van der Waals surface area contributed by atoms with Crippen molar-refractivity contribution in [2.75, 3.05) is 20.3 Å². The molecular formula is C23H24ClNO5. The average Bonchev–Trinajstić information content (AvgIpc) is 2.99. The molecule has 0 saturated carbocycles. The first-order chi connectivity index (χ1) is 14.4. The van der Waals surface area contributed by atoms with Crippen LogP contribution in [0.3, 0.4) is 0 Å². The topological polar surface area (TPSA) is 76.1 Å². The van der Waals surface area contributed by atoms with E-state index in [2.05, 4.69) is 0 Å². The molecule has 1 fully saturated rings. The fourth-order valence-corrected chi connectivity index (χ4v) is 3.72. The van der Waals surface area contributed by atoms with Gasteiger partial charge in [0.15, 0.2) is 11.5 Å².